The predicted octanol–water partition coefficient (Wildman–Crippen LogP) is 2.36. The number of hydrogen-bond acceptors (Lipinski definition) is 5. The highest BCUT2D eigenvalue weighted by atomic mass is 79.9. The summed E-state index contributed by atoms with van der Waals surface area (Å²) in [4.78, 5) is 16.6. The molecule has 0 saturated carbocycles. The maximum absolute atomic E-state index is 12.1. The fourth-order valence-electron chi connectivity index (χ4n) is 1.91. The number of aromatic nitrogens is 5. The molecule has 0 saturated heterocycles. The van der Waals surface area contributed by atoms with Gasteiger partial charge in [0.15, 0.2) is 5.16 Å². The quantitative estimate of drug-likeness (QED) is 0.664. The molecule has 0 aliphatic rings. The first kappa shape index (κ1) is 14.3. The second kappa shape index (κ2) is 5.98. The van der Waals surface area contributed by atoms with Crippen LogP contribution in [0.1, 0.15) is 12.6 Å². The highest BCUT2D eigenvalue weighted by Crippen LogP contribution is 2.19. The molecule has 6 nitrogen and oxygen atoms in total. The Labute approximate surface area is 133 Å². The van der Waals surface area contributed by atoms with Gasteiger partial charge in [0, 0.05) is 29.0 Å². The number of halogens is 1. The zero-order valence-electron chi connectivity index (χ0n) is 11.2. The van der Waals surface area contributed by atoms with Crippen LogP contribution in [0.4, 0.5) is 0 Å². The monoisotopic (exact) mass is 365 g/mol. The highest BCUT2D eigenvalue weighted by Gasteiger charge is 2.07. The summed E-state index contributed by atoms with van der Waals surface area (Å²) < 4.78 is 4.32. The lowest BCUT2D eigenvalue weighted by Crippen LogP contribution is -2.15. The van der Waals surface area contributed by atoms with Gasteiger partial charge >= 0.3 is 0 Å². The molecular formula is C13H12BrN5OS. The first-order valence-corrected chi connectivity index (χ1v) is 8.13. The molecule has 0 spiro atoms. The Balaban J connectivity index is 1.88. The lowest BCUT2D eigenvalue weighted by atomic mass is 10.4. The Hall–Kier alpha value is -1.67. The predicted molar refractivity (Wildman–Crippen MR) is 84.4 cm³/mol. The van der Waals surface area contributed by atoms with Crippen molar-refractivity contribution in [3.05, 3.63) is 51.2 Å². The number of nitrogens with zero attached hydrogens (tertiary/aromatic N) is 5. The van der Waals surface area contributed by atoms with Gasteiger partial charge in [-0.3, -0.25) is 9.20 Å². The third-order valence-electron chi connectivity index (χ3n) is 2.95. The molecule has 0 unspecified atom stereocenters. The summed E-state index contributed by atoms with van der Waals surface area (Å²) in [5, 5.41) is 8.77. The van der Waals surface area contributed by atoms with Gasteiger partial charge in [-0.2, -0.15) is 0 Å². The second-order valence-electron chi connectivity index (χ2n) is 4.35. The fraction of sp³-hybridized carbons (Fsp3) is 0.231. The normalized spacial score (nSPS) is 11.1. The lowest BCUT2D eigenvalue weighted by Gasteiger charge is -2.05. The van der Waals surface area contributed by atoms with Crippen molar-refractivity contribution in [2.24, 2.45) is 0 Å². The van der Waals surface area contributed by atoms with Crippen molar-refractivity contribution < 1.29 is 0 Å². The third-order valence-corrected chi connectivity index (χ3v) is 4.43. The molecule has 0 aliphatic carbocycles. The van der Waals surface area contributed by atoms with E-state index in [-0.39, 0.29) is 5.56 Å². The molecule has 21 heavy (non-hydrogen) atoms. The lowest BCUT2D eigenvalue weighted by molar-refractivity contribution is 0.681. The summed E-state index contributed by atoms with van der Waals surface area (Å²) in [6.45, 7) is 2.85. The first-order valence-electron chi connectivity index (χ1n) is 6.36. The topological polar surface area (TPSA) is 65.1 Å². The van der Waals surface area contributed by atoms with E-state index in [1.165, 1.54) is 16.2 Å². The molecule has 0 aromatic carbocycles. The van der Waals surface area contributed by atoms with Gasteiger partial charge < -0.3 is 4.57 Å². The third kappa shape index (κ3) is 3.01. The minimum Gasteiger partial charge on any atom is -0.309 e. The molecule has 8 heteroatoms. The van der Waals surface area contributed by atoms with Crippen molar-refractivity contribution in [2.75, 3.05) is 0 Å². The van der Waals surface area contributed by atoms with E-state index in [1.807, 2.05) is 23.6 Å². The standard InChI is InChI=1S/C13H12BrN5OS/c1-2-18-8-15-17-13(18)21-7-10-5-12(20)19-6-9(14)3-4-11(19)16-10/h3-6,8H,2,7H2,1H3. The second-order valence-corrected chi connectivity index (χ2v) is 6.21. The molecule has 0 aliphatic heterocycles. The number of fused-ring (bicyclic) bond motifs is 1. The summed E-state index contributed by atoms with van der Waals surface area (Å²) in [7, 11) is 0. The number of aryl methyl sites for hydroxylation is 1. The molecule has 3 heterocycles. The Kier molecular flexibility index (Phi) is 4.07. The molecule has 108 valence electrons. The summed E-state index contributed by atoms with van der Waals surface area (Å²) >= 11 is 4.87. The van der Waals surface area contributed by atoms with Crippen LogP contribution in [0.5, 0.6) is 0 Å². The van der Waals surface area contributed by atoms with Crippen LogP contribution in [0.25, 0.3) is 5.65 Å². The van der Waals surface area contributed by atoms with E-state index in [0.717, 1.165) is 21.9 Å². The largest absolute Gasteiger partial charge is 0.309 e. The van der Waals surface area contributed by atoms with Gasteiger partial charge in [-0.25, -0.2) is 4.98 Å². The van der Waals surface area contributed by atoms with E-state index in [9.17, 15) is 4.79 Å². The zero-order valence-corrected chi connectivity index (χ0v) is 13.6. The molecule has 0 atom stereocenters. The van der Waals surface area contributed by atoms with Crippen LogP contribution in [0, 0.1) is 0 Å². The molecular weight excluding hydrogens is 354 g/mol. The van der Waals surface area contributed by atoms with Gasteiger partial charge in [0.05, 0.1) is 5.69 Å². The molecule has 0 amide bonds. The summed E-state index contributed by atoms with van der Waals surface area (Å²) in [6.07, 6.45) is 3.41. The molecule has 0 fully saturated rings. The maximum Gasteiger partial charge on any atom is 0.258 e. The van der Waals surface area contributed by atoms with Crippen LogP contribution in [-0.2, 0) is 12.3 Å². The molecule has 0 bridgehead atoms. The fourth-order valence-corrected chi connectivity index (χ4v) is 3.12. The summed E-state index contributed by atoms with van der Waals surface area (Å²) in [5.74, 6) is 0.584. The van der Waals surface area contributed by atoms with Gasteiger partial charge in [-0.1, -0.05) is 11.8 Å². The summed E-state index contributed by atoms with van der Waals surface area (Å²) in [6, 6.07) is 5.24. The van der Waals surface area contributed by atoms with Gasteiger partial charge in [0.1, 0.15) is 12.0 Å². The van der Waals surface area contributed by atoms with E-state index in [2.05, 4.69) is 31.1 Å². The SMILES string of the molecule is CCn1cnnc1SCc1cc(=O)n2cc(Br)ccc2n1. The molecule has 3 aromatic heterocycles. The van der Waals surface area contributed by atoms with Crippen molar-refractivity contribution in [2.45, 2.75) is 24.4 Å². The van der Waals surface area contributed by atoms with E-state index in [1.54, 1.807) is 18.6 Å². The van der Waals surface area contributed by atoms with Crippen molar-refractivity contribution in [1.29, 1.82) is 0 Å². The van der Waals surface area contributed by atoms with Gasteiger partial charge in [0.2, 0.25) is 0 Å². The van der Waals surface area contributed by atoms with Crippen LogP contribution in [-0.4, -0.2) is 24.1 Å². The number of rotatable bonds is 4. The van der Waals surface area contributed by atoms with Crippen molar-refractivity contribution in [3.8, 4) is 0 Å². The van der Waals surface area contributed by atoms with Crippen LogP contribution >= 0.6 is 27.7 Å². The zero-order chi connectivity index (χ0) is 14.8. The average molecular weight is 366 g/mol. The van der Waals surface area contributed by atoms with Crippen molar-refractivity contribution in [1.82, 2.24) is 24.1 Å². The van der Waals surface area contributed by atoms with Gasteiger partial charge in [-0.05, 0) is 35.0 Å². The van der Waals surface area contributed by atoms with Crippen molar-refractivity contribution in [3.63, 3.8) is 0 Å². The number of pyridine rings is 1. The van der Waals surface area contributed by atoms with Gasteiger partial charge in [-0.15, -0.1) is 10.2 Å². The molecule has 0 radical (unpaired) electrons. The Bertz CT molecular complexity index is 844. The Morgan fingerprint density at radius 3 is 3.05 bits per heavy atom. The Morgan fingerprint density at radius 2 is 2.24 bits per heavy atom. The van der Waals surface area contributed by atoms with E-state index in [0.29, 0.717) is 11.4 Å². The molecule has 3 aromatic rings. The number of thioether (sulfide) groups is 1. The van der Waals surface area contributed by atoms with Gasteiger partial charge in [0.25, 0.3) is 5.56 Å². The minimum absolute atomic E-state index is 0.0890. The summed E-state index contributed by atoms with van der Waals surface area (Å²) in [5.41, 5.74) is 1.28. The van der Waals surface area contributed by atoms with Crippen LogP contribution < -0.4 is 5.56 Å². The smallest absolute Gasteiger partial charge is 0.258 e. The van der Waals surface area contributed by atoms with Crippen LogP contribution in [0.2, 0.25) is 0 Å². The van der Waals surface area contributed by atoms with E-state index in [4.69, 9.17) is 0 Å². The van der Waals surface area contributed by atoms with Crippen molar-refractivity contribution >= 4 is 33.3 Å². The van der Waals surface area contributed by atoms with E-state index >= 15 is 0 Å². The van der Waals surface area contributed by atoms with E-state index < -0.39 is 0 Å². The first-order chi connectivity index (χ1) is 10.2. The molecule has 0 N–H and O–H groups in total. The minimum atomic E-state index is -0.0890. The maximum atomic E-state index is 12.1. The van der Waals surface area contributed by atoms with Crippen LogP contribution in [0.3, 0.4) is 0 Å². The number of hydrogen-bond donors (Lipinski definition) is 0. The average Bonchev–Trinajstić information content (AvgIpc) is 2.93. The van der Waals surface area contributed by atoms with Crippen LogP contribution in [0.15, 0.2) is 45.1 Å². The Morgan fingerprint density at radius 1 is 1.38 bits per heavy atom. The highest BCUT2D eigenvalue weighted by molar-refractivity contribution is 9.10. The molecule has 3 rings (SSSR count).